The molecule has 0 amide bonds. The maximum atomic E-state index is 13.1. The third kappa shape index (κ3) is 3.45. The molecule has 5 heteroatoms. The fourth-order valence-corrected chi connectivity index (χ4v) is 4.83. The zero-order chi connectivity index (χ0) is 19.0. The quantitative estimate of drug-likeness (QED) is 0.471. The van der Waals surface area contributed by atoms with E-state index in [4.69, 9.17) is 14.7 Å². The molecule has 0 saturated heterocycles. The van der Waals surface area contributed by atoms with Gasteiger partial charge in [-0.2, -0.15) is 0 Å². The Morgan fingerprint density at radius 3 is 1.96 bits per heavy atom. The Hall–Kier alpha value is -1.66. The van der Waals surface area contributed by atoms with Gasteiger partial charge in [-0.1, -0.05) is 48.0 Å². The van der Waals surface area contributed by atoms with Crippen LogP contribution in [0.2, 0.25) is 5.02 Å². The topological polar surface area (TPSA) is 43.4 Å². The normalized spacial score (nSPS) is 22.6. The molecular weight excluding hydrogens is 475 g/mol. The van der Waals surface area contributed by atoms with Gasteiger partial charge < -0.3 is 3.07 Å². The van der Waals surface area contributed by atoms with Gasteiger partial charge in [0.2, 0.25) is 5.78 Å². The first-order chi connectivity index (χ1) is 13.1. The Bertz CT molecular complexity index is 925. The Morgan fingerprint density at radius 2 is 1.37 bits per heavy atom. The zero-order valence-corrected chi connectivity index (χ0v) is 17.5. The molecular formula is C22H18ClIO3. The Morgan fingerprint density at radius 1 is 0.815 bits per heavy atom. The summed E-state index contributed by atoms with van der Waals surface area (Å²) in [6.07, 6.45) is 3.70. The van der Waals surface area contributed by atoms with E-state index < -0.39 is 0 Å². The molecule has 0 N–H and O–H groups in total. The fraction of sp³-hybridized carbons (Fsp3) is 0.273. The van der Waals surface area contributed by atoms with Crippen LogP contribution in [0, 0.1) is 5.92 Å². The van der Waals surface area contributed by atoms with Gasteiger partial charge in [-0.05, 0) is 55.2 Å². The van der Waals surface area contributed by atoms with E-state index in [1.807, 2.05) is 12.1 Å². The first-order valence-corrected chi connectivity index (χ1v) is 10.3. The summed E-state index contributed by atoms with van der Waals surface area (Å²) in [5, 5.41) is 0.742. The van der Waals surface area contributed by atoms with E-state index in [2.05, 4.69) is 12.1 Å². The van der Waals surface area contributed by atoms with Crippen molar-refractivity contribution in [2.75, 3.05) is 0 Å². The molecule has 138 valence electrons. The Kier molecular flexibility index (Phi) is 5.37. The second kappa shape index (κ2) is 7.76. The minimum absolute atomic E-state index is 0.0584. The molecule has 0 aliphatic heterocycles. The number of ketones is 2. The molecule has 0 heterocycles. The first-order valence-electron chi connectivity index (χ1n) is 9.06. The van der Waals surface area contributed by atoms with Crippen molar-refractivity contribution in [2.45, 2.75) is 31.6 Å². The average molecular weight is 493 g/mol. The number of hydrogen-bond donors (Lipinski definition) is 0. The summed E-state index contributed by atoms with van der Waals surface area (Å²) < 4.78 is 5.39. The average Bonchev–Trinajstić information content (AvgIpc) is 2.71. The van der Waals surface area contributed by atoms with Crippen molar-refractivity contribution in [3.8, 4) is 0 Å². The molecule has 0 aromatic heterocycles. The summed E-state index contributed by atoms with van der Waals surface area (Å²) in [7, 11) is 0. The molecule has 0 spiro atoms. The maximum Gasteiger partial charge on any atom is 0.229 e. The zero-order valence-electron chi connectivity index (χ0n) is 14.6. The minimum Gasteiger partial charge on any atom is -0.423 e. The van der Waals surface area contributed by atoms with Crippen LogP contribution in [0.4, 0.5) is 0 Å². The Balaban J connectivity index is 1.59. The van der Waals surface area contributed by atoms with Gasteiger partial charge in [0.1, 0.15) is 0 Å². The second-order valence-electron chi connectivity index (χ2n) is 7.12. The summed E-state index contributed by atoms with van der Waals surface area (Å²) in [5.74, 6) is 0.489. The smallest absolute Gasteiger partial charge is 0.229 e. The van der Waals surface area contributed by atoms with E-state index in [0.717, 1.165) is 30.7 Å². The third-order valence-corrected chi connectivity index (χ3v) is 6.36. The van der Waals surface area contributed by atoms with Crippen molar-refractivity contribution < 1.29 is 12.7 Å². The predicted octanol–water partition coefficient (Wildman–Crippen LogP) is 6.31. The third-order valence-electron chi connectivity index (χ3n) is 5.67. The summed E-state index contributed by atoms with van der Waals surface area (Å²) in [6, 6.07) is 15.0. The van der Waals surface area contributed by atoms with Crippen LogP contribution in [0.5, 0.6) is 0 Å². The monoisotopic (exact) mass is 492 g/mol. The molecule has 2 aromatic rings. The molecule has 4 rings (SSSR count). The van der Waals surface area contributed by atoms with Crippen LogP contribution in [0.25, 0.3) is 0 Å². The number of allylic oxidation sites excluding steroid dienone is 2. The van der Waals surface area contributed by atoms with Gasteiger partial charge in [0.25, 0.3) is 0 Å². The lowest BCUT2D eigenvalue weighted by molar-refractivity contribution is 0.0933. The highest BCUT2D eigenvalue weighted by Crippen LogP contribution is 2.42. The molecule has 0 unspecified atom stereocenters. The molecule has 1 fully saturated rings. The number of Topliss-reactive ketones (excluding diaryl/α,β-unsaturated/α-hetero) is 2. The van der Waals surface area contributed by atoms with E-state index >= 15 is 0 Å². The highest BCUT2D eigenvalue weighted by atomic mass is 127. The van der Waals surface area contributed by atoms with Gasteiger partial charge in [0.15, 0.2) is 34.5 Å². The van der Waals surface area contributed by atoms with Crippen molar-refractivity contribution in [3.05, 3.63) is 81.6 Å². The van der Waals surface area contributed by atoms with Gasteiger partial charge in [-0.25, -0.2) is 0 Å². The molecule has 2 aromatic carbocycles. The van der Waals surface area contributed by atoms with Gasteiger partial charge in [0.05, 0.1) is 5.57 Å². The number of hydrogen-bond acceptors (Lipinski definition) is 3. The molecule has 0 radical (unpaired) electrons. The SMILES string of the molecule is O=C1C(OI)=C(C2CCC(c3ccc(Cl)cc3)CC2)C(=O)c2ccccc21. The number of rotatable bonds is 3. The standard InChI is InChI=1S/C22H18ClIO3/c23-16-11-9-14(10-12-16)13-5-7-15(8-6-13)19-20(25)17-3-1-2-4-18(17)21(26)22(19)27-24/h1-4,9-13,15H,5-8H2. The van der Waals surface area contributed by atoms with E-state index in [-0.39, 0.29) is 23.2 Å². The van der Waals surface area contributed by atoms with Crippen molar-refractivity contribution in [1.82, 2.24) is 0 Å². The first kappa shape index (κ1) is 18.7. The van der Waals surface area contributed by atoms with Crippen molar-refractivity contribution >= 4 is 46.2 Å². The minimum atomic E-state index is -0.186. The summed E-state index contributed by atoms with van der Waals surface area (Å²) in [5.41, 5.74) is 2.78. The van der Waals surface area contributed by atoms with Crippen molar-refractivity contribution in [1.29, 1.82) is 0 Å². The highest BCUT2D eigenvalue weighted by Gasteiger charge is 2.38. The molecule has 0 atom stereocenters. The van der Waals surface area contributed by atoms with Crippen LogP contribution < -0.4 is 0 Å². The van der Waals surface area contributed by atoms with E-state index in [1.54, 1.807) is 47.3 Å². The predicted molar refractivity (Wildman–Crippen MR) is 113 cm³/mol. The maximum absolute atomic E-state index is 13.1. The number of benzene rings is 2. The molecule has 0 bridgehead atoms. The molecule has 3 nitrogen and oxygen atoms in total. The van der Waals surface area contributed by atoms with E-state index in [9.17, 15) is 9.59 Å². The lowest BCUT2D eigenvalue weighted by atomic mass is 9.72. The van der Waals surface area contributed by atoms with Crippen molar-refractivity contribution in [3.63, 3.8) is 0 Å². The highest BCUT2D eigenvalue weighted by molar-refractivity contribution is 14.1. The van der Waals surface area contributed by atoms with Gasteiger partial charge in [-0.15, -0.1) is 0 Å². The Labute approximate surface area is 177 Å². The lowest BCUT2D eigenvalue weighted by Crippen LogP contribution is -2.28. The van der Waals surface area contributed by atoms with Crippen LogP contribution in [0.1, 0.15) is 57.9 Å². The van der Waals surface area contributed by atoms with Gasteiger partial charge >= 0.3 is 0 Å². The molecule has 27 heavy (non-hydrogen) atoms. The van der Waals surface area contributed by atoms with Gasteiger partial charge in [0, 0.05) is 16.1 Å². The van der Waals surface area contributed by atoms with Crippen LogP contribution in [0.15, 0.2) is 59.9 Å². The molecule has 1 saturated carbocycles. The van der Waals surface area contributed by atoms with Crippen LogP contribution in [-0.4, -0.2) is 11.6 Å². The van der Waals surface area contributed by atoms with Gasteiger partial charge in [-0.3, -0.25) is 9.59 Å². The largest absolute Gasteiger partial charge is 0.423 e. The summed E-state index contributed by atoms with van der Waals surface area (Å²) in [4.78, 5) is 25.9. The number of carbonyl (C=O) groups excluding carboxylic acids is 2. The number of halogens is 2. The summed E-state index contributed by atoms with van der Waals surface area (Å²) >= 11 is 7.70. The van der Waals surface area contributed by atoms with Crippen LogP contribution in [0.3, 0.4) is 0 Å². The fourth-order valence-electron chi connectivity index (χ4n) is 4.27. The summed E-state index contributed by atoms with van der Waals surface area (Å²) in [6.45, 7) is 0. The van der Waals surface area contributed by atoms with Crippen LogP contribution in [-0.2, 0) is 3.07 Å². The van der Waals surface area contributed by atoms with Crippen LogP contribution >= 0.6 is 34.6 Å². The van der Waals surface area contributed by atoms with E-state index in [1.165, 1.54) is 5.56 Å². The van der Waals surface area contributed by atoms with E-state index in [0.29, 0.717) is 22.6 Å². The van der Waals surface area contributed by atoms with Crippen molar-refractivity contribution in [2.24, 2.45) is 5.92 Å². The molecule has 2 aliphatic rings. The lowest BCUT2D eigenvalue weighted by Gasteiger charge is -2.32. The second-order valence-corrected chi connectivity index (χ2v) is 8.00. The molecule has 2 aliphatic carbocycles. The number of fused-ring (bicyclic) bond motifs is 1. The number of carbonyl (C=O) groups is 2.